The summed E-state index contributed by atoms with van der Waals surface area (Å²) >= 11 is 0. The van der Waals surface area contributed by atoms with E-state index in [2.05, 4.69) is 5.32 Å². The zero-order chi connectivity index (χ0) is 16.8. The van der Waals surface area contributed by atoms with Gasteiger partial charge in [0.15, 0.2) is 18.1 Å². The van der Waals surface area contributed by atoms with Crippen molar-refractivity contribution in [2.24, 2.45) is 0 Å². The van der Waals surface area contributed by atoms with Crippen molar-refractivity contribution < 1.29 is 24.2 Å². The summed E-state index contributed by atoms with van der Waals surface area (Å²) in [6.07, 6.45) is 0. The van der Waals surface area contributed by atoms with Crippen molar-refractivity contribution in [3.05, 3.63) is 53.6 Å². The van der Waals surface area contributed by atoms with Crippen LogP contribution in [0, 0.1) is 6.92 Å². The lowest BCUT2D eigenvalue weighted by Gasteiger charge is -2.11. The van der Waals surface area contributed by atoms with Gasteiger partial charge in [0.1, 0.15) is 0 Å². The Bertz CT molecular complexity index is 709. The second kappa shape index (κ2) is 7.31. The van der Waals surface area contributed by atoms with E-state index in [4.69, 9.17) is 14.6 Å². The summed E-state index contributed by atoms with van der Waals surface area (Å²) in [6.45, 7) is 1.75. The maximum absolute atomic E-state index is 11.9. The smallest absolute Gasteiger partial charge is 0.335 e. The van der Waals surface area contributed by atoms with Crippen molar-refractivity contribution in [3.63, 3.8) is 0 Å². The first-order chi connectivity index (χ1) is 11.0. The third kappa shape index (κ3) is 4.47. The maximum Gasteiger partial charge on any atom is 0.335 e. The number of hydrogen-bond acceptors (Lipinski definition) is 4. The fraction of sp³-hybridized carbons (Fsp3) is 0.176. The maximum atomic E-state index is 11.9. The van der Waals surface area contributed by atoms with Crippen LogP contribution in [0.5, 0.6) is 11.5 Å². The Labute approximate surface area is 133 Å². The first-order valence-electron chi connectivity index (χ1n) is 6.90. The van der Waals surface area contributed by atoms with E-state index in [-0.39, 0.29) is 18.1 Å². The molecule has 0 aliphatic rings. The molecule has 2 aromatic carbocycles. The molecule has 2 N–H and O–H groups in total. The Morgan fingerprint density at radius 3 is 2.39 bits per heavy atom. The molecular weight excluding hydrogens is 298 g/mol. The van der Waals surface area contributed by atoms with Crippen LogP contribution < -0.4 is 14.8 Å². The molecule has 23 heavy (non-hydrogen) atoms. The molecule has 0 unspecified atom stereocenters. The highest BCUT2D eigenvalue weighted by Gasteiger charge is 2.09. The van der Waals surface area contributed by atoms with Gasteiger partial charge in [-0.1, -0.05) is 6.07 Å². The van der Waals surface area contributed by atoms with Crippen molar-refractivity contribution in [1.29, 1.82) is 0 Å². The van der Waals surface area contributed by atoms with Crippen molar-refractivity contribution >= 4 is 17.6 Å². The Balaban J connectivity index is 1.94. The van der Waals surface area contributed by atoms with Gasteiger partial charge in [0.05, 0.1) is 12.7 Å². The zero-order valence-electron chi connectivity index (χ0n) is 12.8. The van der Waals surface area contributed by atoms with Gasteiger partial charge in [-0.2, -0.15) is 0 Å². The number of carboxylic acid groups (broad SMARTS) is 1. The Morgan fingerprint density at radius 2 is 1.78 bits per heavy atom. The number of methoxy groups -OCH3 is 1. The van der Waals surface area contributed by atoms with Gasteiger partial charge in [-0.25, -0.2) is 4.79 Å². The van der Waals surface area contributed by atoms with Crippen molar-refractivity contribution in [2.45, 2.75) is 6.92 Å². The molecule has 1 amide bonds. The molecule has 0 fully saturated rings. The molecule has 0 spiro atoms. The van der Waals surface area contributed by atoms with Gasteiger partial charge in [0, 0.05) is 5.69 Å². The first-order valence-corrected chi connectivity index (χ1v) is 6.90. The molecule has 0 aliphatic carbocycles. The number of benzene rings is 2. The number of carbonyl (C=O) groups is 2. The number of hydrogen-bond donors (Lipinski definition) is 2. The van der Waals surface area contributed by atoms with Gasteiger partial charge in [-0.15, -0.1) is 0 Å². The third-order valence-corrected chi connectivity index (χ3v) is 3.09. The van der Waals surface area contributed by atoms with Crippen molar-refractivity contribution in [1.82, 2.24) is 0 Å². The van der Waals surface area contributed by atoms with Crippen LogP contribution in [-0.2, 0) is 4.79 Å². The predicted octanol–water partition coefficient (Wildman–Crippen LogP) is 2.72. The highest BCUT2D eigenvalue weighted by Crippen LogP contribution is 2.27. The SMILES string of the molecule is COc1cc(C)ccc1OCC(=O)Nc1ccc(C(=O)O)cc1. The molecule has 120 valence electrons. The van der Waals surface area contributed by atoms with Crippen molar-refractivity contribution in [3.8, 4) is 11.5 Å². The summed E-state index contributed by atoms with van der Waals surface area (Å²) in [5, 5.41) is 11.4. The molecule has 0 heterocycles. The molecule has 0 aliphatic heterocycles. The van der Waals surface area contributed by atoms with Crippen LogP contribution in [0.25, 0.3) is 0 Å². The molecule has 0 saturated carbocycles. The minimum atomic E-state index is -1.02. The molecular formula is C17H17NO5. The van der Waals surface area contributed by atoms with Gasteiger partial charge in [-0.3, -0.25) is 4.79 Å². The predicted molar refractivity (Wildman–Crippen MR) is 85.3 cm³/mol. The number of amides is 1. The summed E-state index contributed by atoms with van der Waals surface area (Å²) in [4.78, 5) is 22.6. The van der Waals surface area contributed by atoms with Gasteiger partial charge >= 0.3 is 5.97 Å². The highest BCUT2D eigenvalue weighted by molar-refractivity contribution is 5.93. The standard InChI is InChI=1S/C17H17NO5/c1-11-3-8-14(15(9-11)22-2)23-10-16(19)18-13-6-4-12(5-7-13)17(20)21/h3-9H,10H2,1-2H3,(H,18,19)(H,20,21). The molecule has 2 rings (SSSR count). The summed E-state index contributed by atoms with van der Waals surface area (Å²) < 4.78 is 10.6. The van der Waals surface area contributed by atoms with E-state index < -0.39 is 5.97 Å². The third-order valence-electron chi connectivity index (χ3n) is 3.09. The number of aryl methyl sites for hydroxylation is 1. The van der Waals surface area contributed by atoms with Gasteiger partial charge in [-0.05, 0) is 48.9 Å². The van der Waals surface area contributed by atoms with Crippen LogP contribution in [0.4, 0.5) is 5.69 Å². The van der Waals surface area contributed by atoms with E-state index >= 15 is 0 Å². The van der Waals surface area contributed by atoms with E-state index in [1.54, 1.807) is 6.07 Å². The summed E-state index contributed by atoms with van der Waals surface area (Å²) in [6, 6.07) is 11.3. The van der Waals surface area contributed by atoms with Crippen LogP contribution in [0.2, 0.25) is 0 Å². The number of ether oxygens (including phenoxy) is 2. The Hall–Kier alpha value is -3.02. The highest BCUT2D eigenvalue weighted by atomic mass is 16.5. The lowest BCUT2D eigenvalue weighted by Crippen LogP contribution is -2.20. The lowest BCUT2D eigenvalue weighted by molar-refractivity contribution is -0.118. The Morgan fingerprint density at radius 1 is 1.09 bits per heavy atom. The molecule has 2 aromatic rings. The van der Waals surface area contributed by atoms with Crippen LogP contribution in [-0.4, -0.2) is 30.7 Å². The molecule has 0 bridgehead atoms. The van der Waals surface area contributed by atoms with Gasteiger partial charge in [0.2, 0.25) is 0 Å². The fourth-order valence-corrected chi connectivity index (χ4v) is 1.93. The van der Waals surface area contributed by atoms with Crippen LogP contribution >= 0.6 is 0 Å². The van der Waals surface area contributed by atoms with Crippen LogP contribution in [0.1, 0.15) is 15.9 Å². The van der Waals surface area contributed by atoms with Crippen LogP contribution in [0.3, 0.4) is 0 Å². The molecule has 6 nitrogen and oxygen atoms in total. The minimum Gasteiger partial charge on any atom is -0.493 e. The number of carboxylic acids is 1. The zero-order valence-corrected chi connectivity index (χ0v) is 12.8. The van der Waals surface area contributed by atoms with Crippen molar-refractivity contribution in [2.75, 3.05) is 19.0 Å². The van der Waals surface area contributed by atoms with E-state index in [0.717, 1.165) is 5.56 Å². The molecule has 0 atom stereocenters. The number of rotatable bonds is 6. The van der Waals surface area contributed by atoms with Gasteiger partial charge in [0.25, 0.3) is 5.91 Å². The first kappa shape index (κ1) is 16.4. The van der Waals surface area contributed by atoms with E-state index in [0.29, 0.717) is 17.2 Å². The van der Waals surface area contributed by atoms with E-state index in [1.807, 2.05) is 19.1 Å². The molecule has 0 saturated heterocycles. The number of nitrogens with one attached hydrogen (secondary N) is 1. The lowest BCUT2D eigenvalue weighted by atomic mass is 10.2. The van der Waals surface area contributed by atoms with Gasteiger partial charge < -0.3 is 19.9 Å². The number of carbonyl (C=O) groups excluding carboxylic acids is 1. The quantitative estimate of drug-likeness (QED) is 0.856. The average Bonchev–Trinajstić information content (AvgIpc) is 2.54. The number of aromatic carboxylic acids is 1. The Kier molecular flexibility index (Phi) is 5.19. The molecule has 6 heteroatoms. The normalized spacial score (nSPS) is 10.0. The molecule has 0 aromatic heterocycles. The largest absolute Gasteiger partial charge is 0.493 e. The molecule has 0 radical (unpaired) electrons. The second-order valence-electron chi connectivity index (χ2n) is 4.87. The second-order valence-corrected chi connectivity index (χ2v) is 4.87. The fourth-order valence-electron chi connectivity index (χ4n) is 1.93. The summed E-state index contributed by atoms with van der Waals surface area (Å²) in [7, 11) is 1.53. The summed E-state index contributed by atoms with van der Waals surface area (Å²) in [5.41, 5.74) is 1.68. The number of anilines is 1. The van der Waals surface area contributed by atoms with Crippen LogP contribution in [0.15, 0.2) is 42.5 Å². The summed E-state index contributed by atoms with van der Waals surface area (Å²) in [5.74, 6) is -0.327. The topological polar surface area (TPSA) is 84.9 Å². The van der Waals surface area contributed by atoms with E-state index in [9.17, 15) is 9.59 Å². The average molecular weight is 315 g/mol. The monoisotopic (exact) mass is 315 g/mol. The minimum absolute atomic E-state index is 0.156. The van der Waals surface area contributed by atoms with E-state index in [1.165, 1.54) is 31.4 Å².